The Morgan fingerprint density at radius 1 is 1.23 bits per heavy atom. The highest BCUT2D eigenvalue weighted by Crippen LogP contribution is 2.34. The molecule has 2 heterocycles. The van der Waals surface area contributed by atoms with Gasteiger partial charge in [0.25, 0.3) is 0 Å². The van der Waals surface area contributed by atoms with Crippen LogP contribution in [0.25, 0.3) is 10.9 Å². The van der Waals surface area contributed by atoms with Crippen molar-refractivity contribution in [2.24, 2.45) is 5.92 Å². The van der Waals surface area contributed by atoms with Gasteiger partial charge in [0.05, 0.1) is 19.3 Å². The molecule has 1 aliphatic carbocycles. The van der Waals surface area contributed by atoms with E-state index in [0.717, 1.165) is 50.1 Å². The van der Waals surface area contributed by atoms with E-state index in [1.807, 2.05) is 24.4 Å². The Morgan fingerprint density at radius 3 is 2.84 bits per heavy atom. The van der Waals surface area contributed by atoms with Gasteiger partial charge in [0.2, 0.25) is 5.91 Å². The van der Waals surface area contributed by atoms with Crippen LogP contribution in [0, 0.1) is 5.92 Å². The molecule has 0 radical (unpaired) electrons. The van der Waals surface area contributed by atoms with Crippen molar-refractivity contribution in [1.29, 1.82) is 0 Å². The van der Waals surface area contributed by atoms with E-state index in [0.29, 0.717) is 12.3 Å². The van der Waals surface area contributed by atoms with Crippen molar-refractivity contribution in [1.82, 2.24) is 14.9 Å². The molecule has 1 unspecified atom stereocenters. The fourth-order valence-corrected chi connectivity index (χ4v) is 4.76. The van der Waals surface area contributed by atoms with Gasteiger partial charge in [-0.25, -0.2) is 0 Å². The van der Waals surface area contributed by atoms with E-state index in [-0.39, 0.29) is 11.9 Å². The lowest BCUT2D eigenvalue weighted by Gasteiger charge is -2.23. The molecule has 31 heavy (non-hydrogen) atoms. The molecule has 1 aromatic carbocycles. The number of aryl methyl sites for hydroxylation is 1. The summed E-state index contributed by atoms with van der Waals surface area (Å²) >= 11 is 0. The predicted octanol–water partition coefficient (Wildman–Crippen LogP) is 4.89. The number of ether oxygens (including phenoxy) is 1. The van der Waals surface area contributed by atoms with E-state index in [4.69, 9.17) is 4.74 Å². The Hall–Kier alpha value is -2.82. The van der Waals surface area contributed by atoms with Gasteiger partial charge >= 0.3 is 0 Å². The number of rotatable bonds is 6. The number of hydrogen-bond acceptors (Lipinski definition) is 3. The van der Waals surface area contributed by atoms with Gasteiger partial charge in [-0.15, -0.1) is 0 Å². The third kappa shape index (κ3) is 4.92. The van der Waals surface area contributed by atoms with Crippen LogP contribution in [0.1, 0.15) is 56.5 Å². The molecule has 0 bridgehead atoms. The summed E-state index contributed by atoms with van der Waals surface area (Å²) in [5.74, 6) is 1.45. The molecule has 1 N–H and O–H groups in total. The highest BCUT2D eigenvalue weighted by molar-refractivity contribution is 5.87. The monoisotopic (exact) mass is 419 g/mol. The van der Waals surface area contributed by atoms with E-state index < -0.39 is 0 Å². The normalized spacial score (nSPS) is 16.6. The summed E-state index contributed by atoms with van der Waals surface area (Å²) in [6.45, 7) is 4.95. The molecule has 0 saturated carbocycles. The maximum atomic E-state index is 12.3. The Bertz CT molecular complexity index is 1040. The van der Waals surface area contributed by atoms with E-state index in [1.165, 1.54) is 22.2 Å². The lowest BCUT2D eigenvalue weighted by atomic mass is 9.93. The summed E-state index contributed by atoms with van der Waals surface area (Å²) in [7, 11) is 1.72. The van der Waals surface area contributed by atoms with Crippen molar-refractivity contribution in [3.63, 3.8) is 0 Å². The van der Waals surface area contributed by atoms with Crippen LogP contribution in [-0.4, -0.2) is 28.6 Å². The van der Waals surface area contributed by atoms with Gasteiger partial charge in [-0.1, -0.05) is 19.9 Å². The minimum Gasteiger partial charge on any atom is -0.497 e. The van der Waals surface area contributed by atoms with Crippen molar-refractivity contribution < 1.29 is 9.53 Å². The van der Waals surface area contributed by atoms with E-state index in [2.05, 4.69) is 46.9 Å². The summed E-state index contributed by atoms with van der Waals surface area (Å²) in [4.78, 5) is 16.9. The van der Waals surface area contributed by atoms with Gasteiger partial charge in [-0.05, 0) is 73.9 Å². The minimum atomic E-state index is 0.181. The van der Waals surface area contributed by atoms with Crippen molar-refractivity contribution in [3.05, 3.63) is 59.5 Å². The molecule has 2 aromatic heterocycles. The number of amides is 1. The van der Waals surface area contributed by atoms with Crippen molar-refractivity contribution >= 4 is 16.8 Å². The predicted molar refractivity (Wildman–Crippen MR) is 124 cm³/mol. The number of carbonyl (C=O) groups is 1. The second-order valence-corrected chi connectivity index (χ2v) is 9.01. The first-order chi connectivity index (χ1) is 15.0. The maximum absolute atomic E-state index is 12.3. The average Bonchev–Trinajstić information content (AvgIpc) is 3.01. The quantitative estimate of drug-likeness (QED) is 0.619. The zero-order chi connectivity index (χ0) is 21.8. The Labute approximate surface area is 184 Å². The average molecular weight is 420 g/mol. The molecule has 1 atom stereocenters. The first kappa shape index (κ1) is 21.4. The van der Waals surface area contributed by atoms with Crippen LogP contribution < -0.4 is 10.1 Å². The van der Waals surface area contributed by atoms with Crippen LogP contribution >= 0.6 is 0 Å². The fourth-order valence-electron chi connectivity index (χ4n) is 4.76. The molecule has 5 heteroatoms. The van der Waals surface area contributed by atoms with Crippen LogP contribution in [0.5, 0.6) is 5.75 Å². The van der Waals surface area contributed by atoms with Gasteiger partial charge in [-0.2, -0.15) is 0 Å². The van der Waals surface area contributed by atoms with Crippen molar-refractivity contribution in [3.8, 4) is 5.75 Å². The molecule has 0 saturated heterocycles. The number of aromatic nitrogens is 2. The number of fused-ring (bicyclic) bond motifs is 3. The topological polar surface area (TPSA) is 56.1 Å². The van der Waals surface area contributed by atoms with Gasteiger partial charge in [-0.3, -0.25) is 9.78 Å². The molecule has 0 spiro atoms. The Kier molecular flexibility index (Phi) is 6.59. The highest BCUT2D eigenvalue weighted by atomic mass is 16.5. The standard InChI is InChI=1S/C26H33N3O2/c1-18(2)15-26(30)28-19-8-6-9-24-22(12-10-19)23-16-21(31-3)11-13-25(23)29(24)17-20-7-4-5-14-27-20/h4-5,7,11,13-14,16,18-19H,6,8-10,12,15,17H2,1-3H3,(H,28,30). The zero-order valence-electron chi connectivity index (χ0n) is 18.9. The first-order valence-electron chi connectivity index (χ1n) is 11.4. The van der Waals surface area contributed by atoms with Crippen molar-refractivity contribution in [2.45, 2.75) is 65.0 Å². The lowest BCUT2D eigenvalue weighted by Crippen LogP contribution is -2.36. The molecule has 1 amide bonds. The zero-order valence-corrected chi connectivity index (χ0v) is 18.9. The number of pyridine rings is 1. The van der Waals surface area contributed by atoms with Crippen molar-refractivity contribution in [2.75, 3.05) is 7.11 Å². The second-order valence-electron chi connectivity index (χ2n) is 9.01. The van der Waals surface area contributed by atoms with E-state index in [1.54, 1.807) is 7.11 Å². The number of benzene rings is 1. The number of nitrogens with one attached hydrogen (secondary N) is 1. The van der Waals surface area contributed by atoms with Gasteiger partial charge in [0.15, 0.2) is 0 Å². The fraction of sp³-hybridized carbons (Fsp3) is 0.462. The number of methoxy groups -OCH3 is 1. The Balaban J connectivity index is 1.66. The first-order valence-corrected chi connectivity index (χ1v) is 11.4. The second kappa shape index (κ2) is 9.54. The minimum absolute atomic E-state index is 0.181. The molecular weight excluding hydrogens is 386 g/mol. The number of carbonyl (C=O) groups excluding carboxylic acids is 1. The van der Waals surface area contributed by atoms with Crippen LogP contribution in [0.2, 0.25) is 0 Å². The SMILES string of the molecule is COc1ccc2c(c1)c1c(n2Cc2ccccn2)CCCC(NC(=O)CC(C)C)CC1. The summed E-state index contributed by atoms with van der Waals surface area (Å²) < 4.78 is 7.96. The smallest absolute Gasteiger partial charge is 0.220 e. The summed E-state index contributed by atoms with van der Waals surface area (Å²) in [5.41, 5.74) is 5.10. The third-order valence-electron chi connectivity index (χ3n) is 6.21. The van der Waals surface area contributed by atoms with Crippen LogP contribution in [0.3, 0.4) is 0 Å². The maximum Gasteiger partial charge on any atom is 0.220 e. The molecule has 4 rings (SSSR count). The molecular formula is C26H33N3O2. The van der Waals surface area contributed by atoms with Crippen LogP contribution in [0.15, 0.2) is 42.6 Å². The lowest BCUT2D eigenvalue weighted by molar-refractivity contribution is -0.122. The number of nitrogens with zero attached hydrogens (tertiary/aromatic N) is 2. The molecule has 1 aliphatic rings. The largest absolute Gasteiger partial charge is 0.497 e. The van der Waals surface area contributed by atoms with Gasteiger partial charge in [0.1, 0.15) is 5.75 Å². The van der Waals surface area contributed by atoms with Crippen LogP contribution in [-0.2, 0) is 24.2 Å². The van der Waals surface area contributed by atoms with Crippen LogP contribution in [0.4, 0.5) is 0 Å². The molecule has 5 nitrogen and oxygen atoms in total. The van der Waals surface area contributed by atoms with E-state index >= 15 is 0 Å². The molecule has 164 valence electrons. The van der Waals surface area contributed by atoms with Gasteiger partial charge < -0.3 is 14.6 Å². The summed E-state index contributed by atoms with van der Waals surface area (Å²) in [6, 6.07) is 12.7. The van der Waals surface area contributed by atoms with E-state index in [9.17, 15) is 4.79 Å². The highest BCUT2D eigenvalue weighted by Gasteiger charge is 2.23. The molecule has 3 aromatic rings. The molecule has 0 fully saturated rings. The summed E-state index contributed by atoms with van der Waals surface area (Å²) in [6.07, 6.45) is 7.49. The summed E-state index contributed by atoms with van der Waals surface area (Å²) in [5, 5.41) is 4.55. The van der Waals surface area contributed by atoms with Gasteiger partial charge in [0, 0.05) is 35.3 Å². The third-order valence-corrected chi connectivity index (χ3v) is 6.21. The molecule has 0 aliphatic heterocycles. The number of hydrogen-bond donors (Lipinski definition) is 1. The Morgan fingerprint density at radius 2 is 2.10 bits per heavy atom.